The normalized spacial score (nSPS) is 12.0. The number of aromatic nitrogens is 8. The minimum absolute atomic E-state index is 0. The first kappa shape index (κ1) is 35.5. The van der Waals surface area contributed by atoms with Crippen molar-refractivity contribution in [3.63, 3.8) is 0 Å². The minimum Gasteiger partial charge on any atom is -0.480 e. The molecule has 0 saturated carbocycles. The van der Waals surface area contributed by atoms with Crippen LogP contribution in [-0.2, 0) is 35.5 Å². The van der Waals surface area contributed by atoms with Gasteiger partial charge in [0.15, 0.2) is 23.3 Å². The Bertz CT molecular complexity index is 3100. The molecule has 5 aromatic carbocycles. The molecule has 13 nitrogen and oxygen atoms in total. The predicted octanol–water partition coefficient (Wildman–Crippen LogP) is 7.79. The van der Waals surface area contributed by atoms with E-state index in [0.29, 0.717) is 68.5 Å². The van der Waals surface area contributed by atoms with Gasteiger partial charge in [-0.05, 0) is 23.8 Å². The Kier molecular flexibility index (Phi) is 8.82. The molecule has 0 spiro atoms. The summed E-state index contributed by atoms with van der Waals surface area (Å²) in [5.74, 6) is 1.37. The quantitative estimate of drug-likeness (QED) is 0.121. The zero-order valence-electron chi connectivity index (χ0n) is 30.3. The number of aliphatic carboxylic acids is 1. The van der Waals surface area contributed by atoms with Gasteiger partial charge in [0.1, 0.15) is 40.1 Å². The molecular weight excluding hydrogens is 772 g/mol. The Labute approximate surface area is 336 Å². The Morgan fingerprint density at radius 2 is 1.05 bits per heavy atom. The van der Waals surface area contributed by atoms with Gasteiger partial charge in [0, 0.05) is 51.6 Å². The van der Waals surface area contributed by atoms with Gasteiger partial charge in [-0.15, -0.1) is 0 Å². The number of hydrogen-bond donors (Lipinski definition) is 4. The molecule has 10 rings (SSSR count). The Morgan fingerprint density at radius 1 is 0.596 bits per heavy atom. The van der Waals surface area contributed by atoms with E-state index in [1.807, 2.05) is 91.0 Å². The number of fused-ring (bicyclic) bond motifs is 20. The molecule has 8 aromatic rings. The van der Waals surface area contributed by atoms with Crippen molar-refractivity contribution in [3.05, 3.63) is 121 Å². The van der Waals surface area contributed by atoms with Gasteiger partial charge in [0.2, 0.25) is 5.91 Å². The Hall–Kier alpha value is -7.18. The summed E-state index contributed by atoms with van der Waals surface area (Å²) >= 11 is 0. The van der Waals surface area contributed by atoms with Crippen LogP contribution in [0, 0.1) is 0 Å². The number of ether oxygens (including phenoxy) is 1. The van der Waals surface area contributed by atoms with E-state index in [4.69, 9.17) is 34.6 Å². The number of carboxylic acid groups (broad SMARTS) is 1. The minimum atomic E-state index is -1.11. The van der Waals surface area contributed by atoms with Crippen LogP contribution in [0.2, 0.25) is 0 Å². The first-order valence-corrected chi connectivity index (χ1v) is 17.9. The third kappa shape index (κ3) is 6.35. The van der Waals surface area contributed by atoms with E-state index in [-0.39, 0.29) is 25.9 Å². The summed E-state index contributed by atoms with van der Waals surface area (Å²) in [4.78, 5) is 60.5. The molecule has 5 heterocycles. The first-order chi connectivity index (χ1) is 27.4. The van der Waals surface area contributed by atoms with Crippen LogP contribution in [0.25, 0.3) is 89.7 Å². The van der Waals surface area contributed by atoms with Gasteiger partial charge in [-0.1, -0.05) is 97.1 Å². The molecule has 0 aliphatic carbocycles. The number of nitrogens with zero attached hydrogens (tertiary/aromatic N) is 6. The molecule has 3 aromatic heterocycles. The number of aromatic amines is 2. The molecule has 0 saturated heterocycles. The standard InChI is InChI=1S/C43H29N9O4.Zn/c1-22(53)44-32(43(54)55)21-23-17-19-24(20-18-23)56-33-16-8-15-31-34(33)42-51-40-30-14-7-6-13-29(30)38(49-40)47-36-26-10-3-2-9-25(26)35(45-36)46-37-27-11-4-5-12-28(27)39(48-37)50-41(31)52-42;/h2-20,32H,21H2,1H3,(H,44,53)(H,54,55)(H2,45,46,47,48,49,50,51,52);/q;+2. The van der Waals surface area contributed by atoms with Crippen molar-refractivity contribution in [2.45, 2.75) is 19.4 Å². The van der Waals surface area contributed by atoms with E-state index in [0.717, 1.165) is 38.2 Å². The summed E-state index contributed by atoms with van der Waals surface area (Å²) in [6, 6.07) is 35.4. The number of carbonyl (C=O) groups excluding carboxylic acids is 1. The van der Waals surface area contributed by atoms with Crippen LogP contribution in [0.15, 0.2) is 115 Å². The van der Waals surface area contributed by atoms with Gasteiger partial charge in [-0.3, -0.25) is 4.79 Å². The van der Waals surface area contributed by atoms with E-state index in [2.05, 4.69) is 15.3 Å². The average molecular weight is 801 g/mol. The molecule has 1 atom stereocenters. The fourth-order valence-corrected chi connectivity index (χ4v) is 7.24. The summed E-state index contributed by atoms with van der Waals surface area (Å²) < 4.78 is 6.51. The second-order valence-corrected chi connectivity index (χ2v) is 13.5. The molecule has 0 radical (unpaired) electrons. The van der Waals surface area contributed by atoms with Gasteiger partial charge in [0.05, 0.1) is 5.56 Å². The van der Waals surface area contributed by atoms with Crippen LogP contribution in [-0.4, -0.2) is 62.9 Å². The van der Waals surface area contributed by atoms with Gasteiger partial charge in [0.25, 0.3) is 0 Å². The summed E-state index contributed by atoms with van der Waals surface area (Å²) in [6.45, 7) is 1.29. The van der Waals surface area contributed by atoms with Crippen LogP contribution in [0.5, 0.6) is 11.5 Å². The molecule has 0 fully saturated rings. The third-order valence-electron chi connectivity index (χ3n) is 9.81. The Morgan fingerprint density at radius 3 is 1.56 bits per heavy atom. The zero-order chi connectivity index (χ0) is 37.9. The van der Waals surface area contributed by atoms with E-state index in [9.17, 15) is 14.7 Å². The second kappa shape index (κ2) is 14.2. The average Bonchev–Trinajstić information content (AvgIpc) is 3.94. The van der Waals surface area contributed by atoms with Crippen molar-refractivity contribution in [1.29, 1.82) is 0 Å². The van der Waals surface area contributed by atoms with Crippen LogP contribution in [0.3, 0.4) is 0 Å². The SMILES string of the molecule is CC(=O)NC(Cc1ccc(Oc2cccc3c2-c2nc-3nc3[nH]c(nc4nc(nc5[nH]c(n2)c2ccccc52)-c2ccccc2-4)c2ccccc32)cc1)C(=O)O.[Zn+2]. The molecule has 14 heteroatoms. The van der Waals surface area contributed by atoms with E-state index < -0.39 is 17.9 Å². The summed E-state index contributed by atoms with van der Waals surface area (Å²) in [5.41, 5.74) is 6.14. The third-order valence-corrected chi connectivity index (χ3v) is 9.81. The number of H-pyrrole nitrogens is 2. The number of carboxylic acids is 1. The van der Waals surface area contributed by atoms with Crippen LogP contribution >= 0.6 is 0 Å². The fraction of sp³-hybridized carbons (Fsp3) is 0.0698. The smallest absolute Gasteiger partial charge is 0.480 e. The summed E-state index contributed by atoms with van der Waals surface area (Å²) in [6.07, 6.45) is 0.117. The molecule has 1 amide bonds. The van der Waals surface area contributed by atoms with Gasteiger partial charge < -0.3 is 25.1 Å². The van der Waals surface area contributed by atoms with E-state index >= 15 is 0 Å². The van der Waals surface area contributed by atoms with Crippen molar-refractivity contribution in [1.82, 2.24) is 45.2 Å². The van der Waals surface area contributed by atoms with Gasteiger partial charge >= 0.3 is 25.4 Å². The molecule has 270 valence electrons. The van der Waals surface area contributed by atoms with Crippen molar-refractivity contribution in [2.75, 3.05) is 0 Å². The number of carbonyl (C=O) groups is 2. The number of hydrogen-bond acceptors (Lipinski definition) is 9. The maximum Gasteiger partial charge on any atom is 2.00 e. The van der Waals surface area contributed by atoms with Crippen LogP contribution in [0.1, 0.15) is 12.5 Å². The first-order valence-electron chi connectivity index (χ1n) is 17.9. The van der Waals surface area contributed by atoms with E-state index in [1.165, 1.54) is 6.92 Å². The monoisotopic (exact) mass is 799 g/mol. The molecular formula is C43H29N9O4Zn+2. The topological polar surface area (TPSA) is 185 Å². The van der Waals surface area contributed by atoms with Crippen LogP contribution in [0.4, 0.5) is 0 Å². The molecule has 8 bridgehead atoms. The van der Waals surface area contributed by atoms with Crippen LogP contribution < -0.4 is 10.1 Å². The molecule has 2 aliphatic heterocycles. The van der Waals surface area contributed by atoms with Crippen molar-refractivity contribution in [2.24, 2.45) is 0 Å². The number of nitrogens with one attached hydrogen (secondary N) is 3. The maximum absolute atomic E-state index is 11.7. The number of amides is 1. The molecule has 2 aliphatic rings. The summed E-state index contributed by atoms with van der Waals surface area (Å²) in [5, 5.41) is 15.5. The molecule has 1 unspecified atom stereocenters. The van der Waals surface area contributed by atoms with Gasteiger partial charge in [-0.25, -0.2) is 34.7 Å². The second-order valence-electron chi connectivity index (χ2n) is 13.5. The fourth-order valence-electron chi connectivity index (χ4n) is 7.24. The van der Waals surface area contributed by atoms with E-state index in [1.54, 1.807) is 24.3 Å². The maximum atomic E-state index is 11.7. The molecule has 4 N–H and O–H groups in total. The molecule has 57 heavy (non-hydrogen) atoms. The number of rotatable bonds is 6. The van der Waals surface area contributed by atoms with Crippen molar-refractivity contribution >= 4 is 56.0 Å². The number of benzene rings is 5. The zero-order valence-corrected chi connectivity index (χ0v) is 33.3. The van der Waals surface area contributed by atoms with Gasteiger partial charge in [-0.2, -0.15) is 0 Å². The van der Waals surface area contributed by atoms with Crippen molar-refractivity contribution in [3.8, 4) is 57.1 Å². The Balaban J connectivity index is 0.00000422. The van der Waals surface area contributed by atoms with Crippen molar-refractivity contribution < 1.29 is 38.9 Å². The largest absolute Gasteiger partial charge is 2.00 e. The summed E-state index contributed by atoms with van der Waals surface area (Å²) in [7, 11) is 0. The predicted molar refractivity (Wildman–Crippen MR) is 212 cm³/mol.